The molecule has 115 heavy (non-hydrogen) atoms. The van der Waals surface area contributed by atoms with E-state index in [-0.39, 0.29) is 52.3 Å². The number of benzene rings is 5. The molecule has 18 atom stereocenters. The van der Waals surface area contributed by atoms with E-state index in [1.807, 2.05) is 27.7 Å². The molecule has 11 bridgehead atoms. The Labute approximate surface area is 666 Å². The molecule has 2 fully saturated rings. The van der Waals surface area contributed by atoms with Crippen molar-refractivity contribution in [2.75, 3.05) is 18.5 Å². The Kier molecular flexibility index (Phi) is 26.6. The number of nitrogens with two attached hydrogens (primary N) is 1. The van der Waals surface area contributed by atoms with E-state index >= 15 is 24.0 Å². The number of fused-ring (bicyclic) bond motifs is 15. The van der Waals surface area contributed by atoms with Gasteiger partial charge in [0, 0.05) is 42.0 Å². The molecule has 0 radical (unpaired) electrons. The number of carbonyl (C=O) groups excluding carboxylic acids is 8. The smallest absolute Gasteiger partial charge is 0.322 e. The molecule has 8 heterocycles. The van der Waals surface area contributed by atoms with Crippen LogP contribution in [0.15, 0.2) is 103 Å². The SMILES string of the molecule is CCC(CC)N[C@H](CC(C)C)C(=O)N[C@H]1C(=O)N[C@@H](CC(N)=O)C(=O)N[C@H]2C(=O)N[C@H]3C(=O)N[C@H](C(=O)N[C@H](C(=O)NCC(=O)O)c4cc(O)cc(O)c4-c4cc3ccc4O)[C@H](O)c3ccc(c(Cl)c3)Oc3cc2cc(c3O[C@@H]2O[C@@H](CO)[C@@H](O)[C@H](O)[C@@H]2O[C@H]2C[C@](C)(Nc3cccnc3)[C@H](O)[C@H](C)O2)Oc2ccc(cc2Cl)[C@H]1O. The number of phenols is 3. The van der Waals surface area contributed by atoms with E-state index < -0.39 is 250 Å². The van der Waals surface area contributed by atoms with Crippen molar-refractivity contribution in [2.45, 2.75) is 189 Å². The third-order valence-corrected chi connectivity index (χ3v) is 20.9. The molecule has 0 aliphatic carbocycles. The third-order valence-electron chi connectivity index (χ3n) is 20.3. The van der Waals surface area contributed by atoms with Crippen LogP contribution >= 0.6 is 23.2 Å². The molecule has 7 aliphatic rings. The van der Waals surface area contributed by atoms with Crippen molar-refractivity contribution < 1.29 is 123 Å². The first kappa shape index (κ1) is 85.2. The highest BCUT2D eigenvalue weighted by molar-refractivity contribution is 6.32. The summed E-state index contributed by atoms with van der Waals surface area (Å²) in [4.78, 5) is 136. The summed E-state index contributed by atoms with van der Waals surface area (Å²) in [5.74, 6) is -17.3. The number of ether oxygens (including phenoxy) is 6. The molecule has 38 heteroatoms. The molecule has 21 N–H and O–H groups in total. The number of amides is 8. The number of anilines is 1. The van der Waals surface area contributed by atoms with Gasteiger partial charge in [-0.15, -0.1) is 0 Å². The van der Waals surface area contributed by atoms with Crippen LogP contribution in [0.1, 0.15) is 132 Å². The lowest BCUT2D eigenvalue weighted by molar-refractivity contribution is -0.332. The minimum Gasteiger partial charge on any atom is -0.508 e. The number of rotatable bonds is 20. The van der Waals surface area contributed by atoms with Gasteiger partial charge < -0.3 is 133 Å². The Balaban J connectivity index is 1.15. The van der Waals surface area contributed by atoms with E-state index in [9.17, 15) is 70.2 Å². The summed E-state index contributed by atoms with van der Waals surface area (Å²) in [6.45, 7) is 8.64. The van der Waals surface area contributed by atoms with Gasteiger partial charge in [-0.1, -0.05) is 69.1 Å². The summed E-state index contributed by atoms with van der Waals surface area (Å²) in [6, 6.07) is 2.40. The third kappa shape index (κ3) is 19.1. The fraction of sp³-hybridized carbons (Fsp3) is 0.429. The quantitative estimate of drug-likeness (QED) is 0.0521. The molecule has 0 unspecified atom stereocenters. The van der Waals surface area contributed by atoms with Crippen molar-refractivity contribution in [3.8, 4) is 57.1 Å². The lowest BCUT2D eigenvalue weighted by Gasteiger charge is -2.48. The van der Waals surface area contributed by atoms with Crippen LogP contribution in [0.25, 0.3) is 11.1 Å². The fourth-order valence-electron chi connectivity index (χ4n) is 14.3. The molecule has 6 aromatic rings. The highest BCUT2D eigenvalue weighted by atomic mass is 35.5. The van der Waals surface area contributed by atoms with Crippen LogP contribution < -0.4 is 67.8 Å². The summed E-state index contributed by atoms with van der Waals surface area (Å²) >= 11 is 14.3. The normalized spacial score (nSPS) is 27.2. The molecule has 0 saturated carbocycles. The van der Waals surface area contributed by atoms with Crippen molar-refractivity contribution in [2.24, 2.45) is 11.7 Å². The van der Waals surface area contributed by atoms with Gasteiger partial charge in [-0.3, -0.25) is 48.1 Å². The number of primary amides is 1. The minimum atomic E-state index is -2.38. The number of carboxylic acids is 1. The second-order valence-corrected chi connectivity index (χ2v) is 30.0. The molecule has 1 aromatic heterocycles. The minimum absolute atomic E-state index is 0.121. The van der Waals surface area contributed by atoms with Crippen LogP contribution in [0.3, 0.4) is 0 Å². The number of nitrogens with zero attached hydrogens (tertiary/aromatic N) is 1. The zero-order valence-corrected chi connectivity index (χ0v) is 64.1. The number of halogens is 2. The molecular weight excluding hydrogens is 1550 g/mol. The number of aromatic hydroxyl groups is 3. The Morgan fingerprint density at radius 2 is 1.36 bits per heavy atom. The molecule has 0 spiro atoms. The van der Waals surface area contributed by atoms with Gasteiger partial charge in [0.25, 0.3) is 0 Å². The first-order chi connectivity index (χ1) is 54.6. The number of aliphatic hydroxyl groups excluding tert-OH is 6. The van der Waals surface area contributed by atoms with E-state index in [1.54, 1.807) is 26.0 Å². The van der Waals surface area contributed by atoms with Gasteiger partial charge in [-0.25, -0.2) is 0 Å². The van der Waals surface area contributed by atoms with E-state index in [4.69, 9.17) is 57.4 Å². The summed E-state index contributed by atoms with van der Waals surface area (Å²) in [5.41, 5.74) is 2.11. The van der Waals surface area contributed by atoms with Crippen molar-refractivity contribution in [3.05, 3.63) is 141 Å². The monoisotopic (exact) mass is 1640 g/mol. The first-order valence-electron chi connectivity index (χ1n) is 36.8. The number of phenolic OH excluding ortho intramolecular Hbond substituents is 3. The second kappa shape index (κ2) is 36.0. The number of nitrogens with one attached hydrogen (secondary N) is 9. The van der Waals surface area contributed by atoms with Crippen LogP contribution in [0.2, 0.25) is 10.0 Å². The molecular formula is C77H89Cl2N11O25. The Morgan fingerprint density at radius 3 is 1.97 bits per heavy atom. The maximum atomic E-state index is 16.3. The number of hydrogen-bond donors (Lipinski definition) is 20. The first-order valence-corrected chi connectivity index (χ1v) is 37.5. The topological polar surface area (TPSA) is 558 Å². The van der Waals surface area contributed by atoms with E-state index in [0.717, 1.165) is 66.7 Å². The van der Waals surface area contributed by atoms with Gasteiger partial charge in [0.1, 0.15) is 108 Å². The van der Waals surface area contributed by atoms with E-state index in [0.29, 0.717) is 18.5 Å². The lowest BCUT2D eigenvalue weighted by Crippen LogP contribution is -2.64. The molecule has 36 nitrogen and oxygen atoms in total. The highest BCUT2D eigenvalue weighted by Gasteiger charge is 2.52. The van der Waals surface area contributed by atoms with Gasteiger partial charge in [-0.2, -0.15) is 0 Å². The number of aliphatic carboxylic acids is 1. The van der Waals surface area contributed by atoms with Crippen LogP contribution in [0.4, 0.5) is 5.69 Å². The Morgan fingerprint density at radius 1 is 0.722 bits per heavy atom. The maximum absolute atomic E-state index is 16.3. The lowest BCUT2D eigenvalue weighted by atomic mass is 9.84. The van der Waals surface area contributed by atoms with Crippen LogP contribution in [0.5, 0.6) is 46.0 Å². The van der Waals surface area contributed by atoms with Crippen LogP contribution in [-0.2, 0) is 57.4 Å². The number of aromatic nitrogens is 1. The number of carboxylic acid groups (broad SMARTS) is 1. The van der Waals surface area contributed by atoms with Crippen LogP contribution in [-0.4, -0.2) is 207 Å². The summed E-state index contributed by atoms with van der Waals surface area (Å²) in [5, 5.41) is 138. The standard InChI is InChI=1S/C77H89Cl2N11O25/c1-7-37(8-2)83-44(18-31(3)4)69(103)88-60-62(98)34-12-15-48(42(78)20-34)111-50-22-36-23-51(66(50)115-76-67(65(101)64(100)52(30-91)113-76)114-55-27-77(6,68(102)32(5)110-55)90-38-10-9-17-81-28-38)112-49-16-13-35(21-43(49)79)63(99)61-75(109)87-59(71(105)82-29-54(96)97)41-24-39(92)25-47(94)56(41)40-19-33(11-14-46(40)93)57(72(106)89-61)86-73(107)58(36)85-70(104)45(26-53(80)95)84-74(60)108/h9-17,19-25,28,31-32,37,44-45,52,55,57-65,67-68,76,83,90-94,98-102H,7-8,18,26-27,29-30H2,1-6H3,(H2,80,95)(H,82,105)(H,84,108)(H,85,104)(H,86,107)(H,87,109)(H,88,103)(H,89,106)(H,96,97)/t32-,44+,45-,52-,55-,57+,58+,59-,60+,61-,62+,63+,64+,65-,67-,68+,76-,77-/m0/s1. The predicted octanol–water partition coefficient (Wildman–Crippen LogP) is 2.33. The van der Waals surface area contributed by atoms with Gasteiger partial charge in [0.2, 0.25) is 59.3 Å². The van der Waals surface area contributed by atoms with E-state index in [1.165, 1.54) is 24.5 Å². The number of carbonyl (C=O) groups is 9. The molecule has 7 aliphatic heterocycles. The zero-order valence-electron chi connectivity index (χ0n) is 62.6. The van der Waals surface area contributed by atoms with E-state index in [2.05, 4.69) is 52.8 Å². The molecule has 5 aromatic carbocycles. The molecule has 616 valence electrons. The zero-order chi connectivity index (χ0) is 83.3. The van der Waals surface area contributed by atoms with Crippen LogP contribution in [0, 0.1) is 5.92 Å². The van der Waals surface area contributed by atoms with Crippen molar-refractivity contribution in [3.63, 3.8) is 0 Å². The number of hydrogen-bond acceptors (Lipinski definition) is 27. The molecule has 13 rings (SSSR count). The number of pyridine rings is 1. The predicted molar refractivity (Wildman–Crippen MR) is 404 cm³/mol. The fourth-order valence-corrected chi connectivity index (χ4v) is 14.8. The van der Waals surface area contributed by atoms with Crippen molar-refractivity contribution >= 4 is 82.1 Å². The van der Waals surface area contributed by atoms with Crippen molar-refractivity contribution in [1.29, 1.82) is 0 Å². The number of aliphatic hydroxyl groups is 6. The average molecular weight is 1640 g/mol. The summed E-state index contributed by atoms with van der Waals surface area (Å²) < 4.78 is 39.3. The summed E-state index contributed by atoms with van der Waals surface area (Å²) in [6.07, 6.45) is -14.6. The van der Waals surface area contributed by atoms with Gasteiger partial charge in [0.15, 0.2) is 23.9 Å². The van der Waals surface area contributed by atoms with Crippen molar-refractivity contribution in [1.82, 2.24) is 47.5 Å². The average Bonchev–Trinajstić information content (AvgIpc) is 0.766. The summed E-state index contributed by atoms with van der Waals surface area (Å²) in [7, 11) is 0. The Bertz CT molecular complexity index is 4680. The van der Waals surface area contributed by atoms with Gasteiger partial charge in [-0.05, 0) is 134 Å². The molecule has 2 saturated heterocycles. The van der Waals surface area contributed by atoms with Gasteiger partial charge >= 0.3 is 5.97 Å². The van der Waals surface area contributed by atoms with Gasteiger partial charge in [0.05, 0.1) is 46.4 Å². The molecule has 8 amide bonds. The Hall–Kier alpha value is -10.7. The highest BCUT2D eigenvalue weighted by Crippen LogP contribution is 2.50. The second-order valence-electron chi connectivity index (χ2n) is 29.2. The largest absolute Gasteiger partial charge is 0.508 e. The maximum Gasteiger partial charge on any atom is 0.322 e.